The largest absolute Gasteiger partial charge is 0.497 e. The van der Waals surface area contributed by atoms with E-state index in [4.69, 9.17) is 9.15 Å². The van der Waals surface area contributed by atoms with Crippen molar-refractivity contribution in [3.8, 4) is 5.75 Å². The van der Waals surface area contributed by atoms with Crippen LogP contribution < -0.4 is 10.1 Å². The number of halogens is 1. The van der Waals surface area contributed by atoms with E-state index in [2.05, 4.69) is 10.3 Å². The van der Waals surface area contributed by atoms with Gasteiger partial charge in [0, 0.05) is 29.0 Å². The lowest BCUT2D eigenvalue weighted by atomic mass is 10.1. The summed E-state index contributed by atoms with van der Waals surface area (Å²) in [5, 5.41) is 4.14. The van der Waals surface area contributed by atoms with Crippen LogP contribution in [0.2, 0.25) is 0 Å². The maximum atomic E-state index is 13.0. The van der Waals surface area contributed by atoms with Gasteiger partial charge in [0.05, 0.1) is 7.11 Å². The molecule has 29 heavy (non-hydrogen) atoms. The summed E-state index contributed by atoms with van der Waals surface area (Å²) in [7, 11) is 1.61. The molecule has 0 spiro atoms. The molecule has 4 rings (SSSR count). The van der Waals surface area contributed by atoms with E-state index >= 15 is 0 Å². The van der Waals surface area contributed by atoms with E-state index in [1.807, 2.05) is 24.3 Å². The number of amides is 1. The minimum absolute atomic E-state index is 0.263. The number of furan rings is 1. The van der Waals surface area contributed by atoms with Crippen LogP contribution in [0.3, 0.4) is 0 Å². The van der Waals surface area contributed by atoms with Gasteiger partial charge in [-0.3, -0.25) is 10.1 Å². The van der Waals surface area contributed by atoms with Crippen LogP contribution >= 0.6 is 11.3 Å². The smallest absolute Gasteiger partial charge is 0.250 e. The summed E-state index contributed by atoms with van der Waals surface area (Å²) in [6.45, 7) is 0. The van der Waals surface area contributed by atoms with E-state index in [9.17, 15) is 9.18 Å². The van der Waals surface area contributed by atoms with E-state index in [0.717, 1.165) is 27.2 Å². The molecule has 4 aromatic rings. The molecule has 0 radical (unpaired) electrons. The van der Waals surface area contributed by atoms with Crippen LogP contribution in [-0.4, -0.2) is 18.0 Å². The van der Waals surface area contributed by atoms with Crippen molar-refractivity contribution in [2.24, 2.45) is 0 Å². The third kappa shape index (κ3) is 4.70. The summed E-state index contributed by atoms with van der Waals surface area (Å²) >= 11 is 1.38. The fraction of sp³-hybridized carbons (Fsp3) is 0.0909. The number of rotatable bonds is 6. The third-order valence-electron chi connectivity index (χ3n) is 4.22. The minimum Gasteiger partial charge on any atom is -0.497 e. The summed E-state index contributed by atoms with van der Waals surface area (Å²) in [5.41, 5.74) is 1.70. The second-order valence-corrected chi connectivity index (χ2v) is 7.43. The fourth-order valence-corrected chi connectivity index (χ4v) is 3.66. The SMILES string of the molecule is COc1ccc2oc(/C=C/C(=O)Nc3ncc(Cc4ccc(F)cc4)s3)cc2c1. The van der Waals surface area contributed by atoms with Crippen LogP contribution in [0.1, 0.15) is 16.2 Å². The molecule has 146 valence electrons. The lowest BCUT2D eigenvalue weighted by Gasteiger charge is -1.98. The van der Waals surface area contributed by atoms with Gasteiger partial charge in [-0.15, -0.1) is 11.3 Å². The molecule has 2 aromatic heterocycles. The first kappa shape index (κ1) is 18.9. The molecule has 0 saturated heterocycles. The van der Waals surface area contributed by atoms with Crippen molar-refractivity contribution in [1.29, 1.82) is 0 Å². The normalized spacial score (nSPS) is 11.2. The summed E-state index contributed by atoms with van der Waals surface area (Å²) in [6.07, 6.45) is 5.34. The average molecular weight is 408 g/mol. The van der Waals surface area contributed by atoms with E-state index in [1.165, 1.54) is 29.5 Å². The van der Waals surface area contributed by atoms with Gasteiger partial charge in [-0.1, -0.05) is 12.1 Å². The molecule has 0 bridgehead atoms. The number of nitrogens with zero attached hydrogens (tertiary/aromatic N) is 1. The van der Waals surface area contributed by atoms with Crippen LogP contribution in [0, 0.1) is 5.82 Å². The van der Waals surface area contributed by atoms with E-state index in [-0.39, 0.29) is 11.7 Å². The first-order valence-electron chi connectivity index (χ1n) is 8.85. The van der Waals surface area contributed by atoms with Crippen LogP contribution in [0.25, 0.3) is 17.0 Å². The van der Waals surface area contributed by atoms with Gasteiger partial charge in [0.1, 0.15) is 22.9 Å². The monoisotopic (exact) mass is 408 g/mol. The molecule has 7 heteroatoms. The molecule has 2 heterocycles. The molecule has 0 atom stereocenters. The fourth-order valence-electron chi connectivity index (χ4n) is 2.81. The number of carbonyl (C=O) groups excluding carboxylic acids is 1. The standard InChI is InChI=1S/C22H17FN2O3S/c1-27-17-6-8-20-15(11-17)12-18(28-20)7-9-21(26)25-22-24-13-19(29-22)10-14-2-4-16(23)5-3-14/h2-9,11-13H,10H2,1H3,(H,24,25,26)/b9-7+. The quantitative estimate of drug-likeness (QED) is 0.441. The first-order chi connectivity index (χ1) is 14.1. The van der Waals surface area contributed by atoms with E-state index in [0.29, 0.717) is 17.3 Å². The molecule has 2 aromatic carbocycles. The number of fused-ring (bicyclic) bond motifs is 1. The molecule has 0 aliphatic rings. The maximum absolute atomic E-state index is 13.0. The molecule has 0 fully saturated rings. The zero-order valence-electron chi connectivity index (χ0n) is 15.5. The Bertz CT molecular complexity index is 1180. The molecule has 0 unspecified atom stereocenters. The Balaban J connectivity index is 1.38. The van der Waals surface area contributed by atoms with Gasteiger partial charge in [0.15, 0.2) is 5.13 Å². The molecular weight excluding hydrogens is 391 g/mol. The van der Waals surface area contributed by atoms with E-state index in [1.54, 1.807) is 31.5 Å². The average Bonchev–Trinajstić information content (AvgIpc) is 3.33. The van der Waals surface area contributed by atoms with Gasteiger partial charge in [0.25, 0.3) is 0 Å². The van der Waals surface area contributed by atoms with Crippen molar-refractivity contribution in [3.63, 3.8) is 0 Å². The number of carbonyl (C=O) groups is 1. The molecule has 0 saturated carbocycles. The van der Waals surface area contributed by atoms with Gasteiger partial charge in [0.2, 0.25) is 5.91 Å². The highest BCUT2D eigenvalue weighted by molar-refractivity contribution is 7.15. The first-order valence-corrected chi connectivity index (χ1v) is 9.66. The van der Waals surface area contributed by atoms with Crippen molar-refractivity contribution < 1.29 is 18.3 Å². The van der Waals surface area contributed by atoms with Crippen molar-refractivity contribution in [2.45, 2.75) is 6.42 Å². The van der Waals surface area contributed by atoms with Crippen molar-refractivity contribution >= 4 is 39.4 Å². The number of hydrogen-bond acceptors (Lipinski definition) is 5. The number of hydrogen-bond donors (Lipinski definition) is 1. The van der Waals surface area contributed by atoms with Crippen molar-refractivity contribution in [1.82, 2.24) is 4.98 Å². The number of aromatic nitrogens is 1. The van der Waals surface area contributed by atoms with E-state index < -0.39 is 0 Å². The van der Waals surface area contributed by atoms with Crippen LogP contribution in [0.5, 0.6) is 5.75 Å². The summed E-state index contributed by atoms with van der Waals surface area (Å²) in [6, 6.07) is 13.7. The summed E-state index contributed by atoms with van der Waals surface area (Å²) in [4.78, 5) is 17.4. The van der Waals surface area contributed by atoms with Crippen LogP contribution in [-0.2, 0) is 11.2 Å². The Morgan fingerprint density at radius 2 is 2.07 bits per heavy atom. The number of methoxy groups -OCH3 is 1. The molecule has 0 aliphatic heterocycles. The number of thiazole rings is 1. The topological polar surface area (TPSA) is 64.4 Å². The predicted molar refractivity (Wildman–Crippen MR) is 112 cm³/mol. The zero-order valence-corrected chi connectivity index (χ0v) is 16.3. The number of nitrogens with one attached hydrogen (secondary N) is 1. The Morgan fingerprint density at radius 1 is 1.24 bits per heavy atom. The molecular formula is C22H17FN2O3S. The van der Waals surface area contributed by atoms with Gasteiger partial charge in [-0.2, -0.15) is 0 Å². The summed E-state index contributed by atoms with van der Waals surface area (Å²) < 4.78 is 23.9. The highest BCUT2D eigenvalue weighted by Crippen LogP contribution is 2.25. The number of benzene rings is 2. The molecule has 1 N–H and O–H groups in total. The Kier molecular flexibility index (Phi) is 5.39. The number of ether oxygens (including phenoxy) is 1. The minimum atomic E-state index is -0.300. The van der Waals surface area contributed by atoms with Crippen molar-refractivity contribution in [2.75, 3.05) is 12.4 Å². The third-order valence-corrected chi connectivity index (χ3v) is 5.13. The Hall–Kier alpha value is -3.45. The highest BCUT2D eigenvalue weighted by Gasteiger charge is 2.07. The molecule has 1 amide bonds. The molecule has 5 nitrogen and oxygen atoms in total. The molecule has 0 aliphatic carbocycles. The van der Waals surface area contributed by atoms with Crippen LogP contribution in [0.4, 0.5) is 9.52 Å². The Morgan fingerprint density at radius 3 is 2.86 bits per heavy atom. The second-order valence-electron chi connectivity index (χ2n) is 6.31. The predicted octanol–water partition coefficient (Wildman–Crippen LogP) is 5.28. The Labute approximate surface area is 170 Å². The van der Waals surface area contributed by atoms with Gasteiger partial charge < -0.3 is 9.15 Å². The van der Waals surface area contributed by atoms with Gasteiger partial charge >= 0.3 is 0 Å². The number of anilines is 1. The van der Waals surface area contributed by atoms with Crippen LogP contribution in [0.15, 0.2) is 65.2 Å². The second kappa shape index (κ2) is 8.28. The highest BCUT2D eigenvalue weighted by atomic mass is 32.1. The van der Waals surface area contributed by atoms with Crippen molar-refractivity contribution in [3.05, 3.63) is 82.8 Å². The lowest BCUT2D eigenvalue weighted by molar-refractivity contribution is -0.111. The maximum Gasteiger partial charge on any atom is 0.250 e. The van der Waals surface area contributed by atoms with Gasteiger partial charge in [-0.05, 0) is 48.0 Å². The zero-order chi connectivity index (χ0) is 20.2. The van der Waals surface area contributed by atoms with Gasteiger partial charge in [-0.25, -0.2) is 9.37 Å². The summed E-state index contributed by atoms with van der Waals surface area (Å²) in [5.74, 6) is 0.749. The lowest BCUT2D eigenvalue weighted by Crippen LogP contribution is -2.06.